The predicted molar refractivity (Wildman–Crippen MR) is 107 cm³/mol. The number of urea groups is 1. The van der Waals surface area contributed by atoms with E-state index in [1.165, 1.54) is 4.90 Å². The van der Waals surface area contributed by atoms with Crippen LogP contribution in [0.4, 0.5) is 21.0 Å². The van der Waals surface area contributed by atoms with Gasteiger partial charge in [-0.25, -0.2) is 9.59 Å². The third kappa shape index (κ3) is 5.23. The molecule has 0 aliphatic rings. The lowest BCUT2D eigenvalue weighted by atomic mass is 10.1. The molecule has 3 amide bonds. The fourth-order valence-corrected chi connectivity index (χ4v) is 2.99. The number of carbonyl (C=O) groups is 2. The van der Waals surface area contributed by atoms with Crippen molar-refractivity contribution in [1.82, 2.24) is 5.32 Å². The molecule has 1 atom stereocenters. The number of nitrogens with zero attached hydrogens (tertiary/aromatic N) is 1. The van der Waals surface area contributed by atoms with Crippen LogP contribution < -0.4 is 15.5 Å². The van der Waals surface area contributed by atoms with Gasteiger partial charge in [0.1, 0.15) is 0 Å². The number of hydrogen-bond donors (Lipinski definition) is 2. The first kappa shape index (κ1) is 19.8. The third-order valence-electron chi connectivity index (χ3n) is 3.77. The van der Waals surface area contributed by atoms with Crippen LogP contribution in [0.5, 0.6) is 0 Å². The molecule has 26 heavy (non-hydrogen) atoms. The maximum atomic E-state index is 12.2. The van der Waals surface area contributed by atoms with E-state index >= 15 is 0 Å². The monoisotopic (exact) mass is 419 g/mol. The van der Waals surface area contributed by atoms with Gasteiger partial charge in [0.25, 0.3) is 0 Å². The third-order valence-corrected chi connectivity index (χ3v) is 4.50. The predicted octanol–water partition coefficient (Wildman–Crippen LogP) is 4.92. The van der Waals surface area contributed by atoms with Gasteiger partial charge in [0, 0.05) is 22.9 Å². The van der Waals surface area contributed by atoms with Crippen molar-refractivity contribution in [3.63, 3.8) is 0 Å². The number of amides is 3. The number of hydrogen-bond acceptors (Lipinski definition) is 3. The maximum absolute atomic E-state index is 12.2. The average molecular weight is 420 g/mol. The Bertz CT molecular complexity index is 765. The topological polar surface area (TPSA) is 70.7 Å². The maximum Gasteiger partial charge on any atom is 0.413 e. The standard InChI is InChI=1S/C19H22BrN3O3/c1-4-26-19(25)23(3)15-11-9-14(10-12-15)22-18(24)21-13(2)16-7-5-6-8-17(16)20/h5-13H,4H2,1-3H3,(H2,21,22,24). The number of halogens is 1. The summed E-state index contributed by atoms with van der Waals surface area (Å²) in [4.78, 5) is 25.3. The fraction of sp³-hybridized carbons (Fsp3) is 0.263. The van der Waals surface area contributed by atoms with Crippen LogP contribution in [0.2, 0.25) is 0 Å². The number of anilines is 2. The number of ether oxygens (including phenoxy) is 1. The summed E-state index contributed by atoms with van der Waals surface area (Å²) < 4.78 is 5.90. The summed E-state index contributed by atoms with van der Waals surface area (Å²) in [6, 6.07) is 14.2. The number of nitrogens with one attached hydrogen (secondary N) is 2. The second-order valence-electron chi connectivity index (χ2n) is 5.65. The van der Waals surface area contributed by atoms with Crippen LogP contribution >= 0.6 is 15.9 Å². The summed E-state index contributed by atoms with van der Waals surface area (Å²) in [5.41, 5.74) is 2.30. The molecule has 2 rings (SSSR count). The van der Waals surface area contributed by atoms with Crippen molar-refractivity contribution in [2.75, 3.05) is 23.9 Å². The van der Waals surface area contributed by atoms with Gasteiger partial charge in [-0.2, -0.15) is 0 Å². The molecule has 0 radical (unpaired) electrons. The number of benzene rings is 2. The van der Waals surface area contributed by atoms with E-state index < -0.39 is 6.09 Å². The van der Waals surface area contributed by atoms with Gasteiger partial charge in [0.2, 0.25) is 0 Å². The molecule has 0 saturated heterocycles. The van der Waals surface area contributed by atoms with Crippen LogP contribution in [0.3, 0.4) is 0 Å². The lowest BCUT2D eigenvalue weighted by Gasteiger charge is -2.18. The van der Waals surface area contributed by atoms with E-state index in [9.17, 15) is 9.59 Å². The molecule has 0 bridgehead atoms. The minimum absolute atomic E-state index is 0.153. The van der Waals surface area contributed by atoms with E-state index in [1.807, 2.05) is 31.2 Å². The van der Waals surface area contributed by atoms with Crippen molar-refractivity contribution >= 4 is 39.4 Å². The molecule has 0 fully saturated rings. The van der Waals surface area contributed by atoms with E-state index in [4.69, 9.17) is 4.74 Å². The highest BCUT2D eigenvalue weighted by Crippen LogP contribution is 2.23. The zero-order valence-electron chi connectivity index (χ0n) is 15.0. The molecule has 0 aromatic heterocycles. The van der Waals surface area contributed by atoms with Crippen molar-refractivity contribution in [1.29, 1.82) is 0 Å². The first-order valence-corrected chi connectivity index (χ1v) is 9.04. The highest BCUT2D eigenvalue weighted by molar-refractivity contribution is 9.10. The molecular formula is C19H22BrN3O3. The van der Waals surface area contributed by atoms with E-state index in [2.05, 4.69) is 26.6 Å². The van der Waals surface area contributed by atoms with E-state index in [-0.39, 0.29) is 12.1 Å². The van der Waals surface area contributed by atoms with E-state index in [0.717, 1.165) is 10.0 Å². The van der Waals surface area contributed by atoms with Crippen LogP contribution in [-0.2, 0) is 4.74 Å². The van der Waals surface area contributed by atoms with Crippen molar-refractivity contribution in [3.05, 3.63) is 58.6 Å². The fourth-order valence-electron chi connectivity index (χ4n) is 2.36. The van der Waals surface area contributed by atoms with Crippen molar-refractivity contribution < 1.29 is 14.3 Å². The Morgan fingerprint density at radius 2 is 1.81 bits per heavy atom. The van der Waals surface area contributed by atoms with Crippen LogP contribution in [0.15, 0.2) is 53.0 Å². The summed E-state index contributed by atoms with van der Waals surface area (Å²) in [6.45, 7) is 3.99. The van der Waals surface area contributed by atoms with Gasteiger partial charge in [0.05, 0.1) is 12.6 Å². The second-order valence-corrected chi connectivity index (χ2v) is 6.50. The van der Waals surface area contributed by atoms with E-state index in [1.54, 1.807) is 38.2 Å². The smallest absolute Gasteiger partial charge is 0.413 e. The SMILES string of the molecule is CCOC(=O)N(C)c1ccc(NC(=O)NC(C)c2ccccc2Br)cc1. The molecule has 2 aromatic carbocycles. The minimum atomic E-state index is -0.423. The highest BCUT2D eigenvalue weighted by atomic mass is 79.9. The summed E-state index contributed by atoms with van der Waals surface area (Å²) >= 11 is 3.48. The molecule has 1 unspecified atom stereocenters. The molecule has 6 nitrogen and oxygen atoms in total. The molecule has 2 aromatic rings. The first-order valence-electron chi connectivity index (χ1n) is 8.24. The van der Waals surface area contributed by atoms with Crippen molar-refractivity contribution in [3.8, 4) is 0 Å². The molecule has 0 spiro atoms. The molecule has 0 aliphatic carbocycles. The van der Waals surface area contributed by atoms with Gasteiger partial charge >= 0.3 is 12.1 Å². The lowest BCUT2D eigenvalue weighted by molar-refractivity contribution is 0.161. The molecule has 0 aliphatic heterocycles. The zero-order chi connectivity index (χ0) is 19.1. The summed E-state index contributed by atoms with van der Waals surface area (Å²) in [6.07, 6.45) is -0.423. The normalized spacial score (nSPS) is 11.4. The Morgan fingerprint density at radius 3 is 2.42 bits per heavy atom. The highest BCUT2D eigenvalue weighted by Gasteiger charge is 2.13. The van der Waals surface area contributed by atoms with Gasteiger partial charge in [-0.3, -0.25) is 4.90 Å². The molecular weight excluding hydrogens is 398 g/mol. The van der Waals surface area contributed by atoms with Crippen LogP contribution in [-0.4, -0.2) is 25.8 Å². The molecule has 0 saturated carbocycles. The minimum Gasteiger partial charge on any atom is -0.449 e. The zero-order valence-corrected chi connectivity index (χ0v) is 16.5. The van der Waals surface area contributed by atoms with Gasteiger partial charge < -0.3 is 15.4 Å². The van der Waals surface area contributed by atoms with Crippen LogP contribution in [0, 0.1) is 0 Å². The molecule has 0 heterocycles. The Hall–Kier alpha value is -2.54. The summed E-state index contributed by atoms with van der Waals surface area (Å²) in [5, 5.41) is 5.68. The van der Waals surface area contributed by atoms with Gasteiger partial charge in [-0.15, -0.1) is 0 Å². The van der Waals surface area contributed by atoms with Gasteiger partial charge in [-0.1, -0.05) is 34.1 Å². The van der Waals surface area contributed by atoms with E-state index in [0.29, 0.717) is 18.0 Å². The Balaban J connectivity index is 1.95. The Labute approximate surface area is 161 Å². The van der Waals surface area contributed by atoms with Gasteiger partial charge in [-0.05, 0) is 49.7 Å². The summed E-state index contributed by atoms with van der Waals surface area (Å²) in [5.74, 6) is 0. The first-order chi connectivity index (χ1) is 12.4. The second kappa shape index (κ2) is 9.24. The molecule has 2 N–H and O–H groups in total. The Morgan fingerprint density at radius 1 is 1.15 bits per heavy atom. The Kier molecular flexibility index (Phi) is 7.03. The lowest BCUT2D eigenvalue weighted by Crippen LogP contribution is -2.31. The van der Waals surface area contributed by atoms with Crippen molar-refractivity contribution in [2.24, 2.45) is 0 Å². The van der Waals surface area contributed by atoms with Crippen LogP contribution in [0.1, 0.15) is 25.5 Å². The number of rotatable bonds is 5. The van der Waals surface area contributed by atoms with Crippen molar-refractivity contribution in [2.45, 2.75) is 19.9 Å². The largest absolute Gasteiger partial charge is 0.449 e. The molecule has 138 valence electrons. The quantitative estimate of drug-likeness (QED) is 0.721. The van der Waals surface area contributed by atoms with Gasteiger partial charge in [0.15, 0.2) is 0 Å². The summed E-state index contributed by atoms with van der Waals surface area (Å²) in [7, 11) is 1.63. The number of carbonyl (C=O) groups excluding carboxylic acids is 2. The van der Waals surface area contributed by atoms with Crippen LogP contribution in [0.25, 0.3) is 0 Å². The molecule has 7 heteroatoms. The average Bonchev–Trinajstić information content (AvgIpc) is 2.62.